The van der Waals surface area contributed by atoms with Crippen molar-refractivity contribution >= 4 is 5.69 Å². The van der Waals surface area contributed by atoms with Crippen molar-refractivity contribution in [3.8, 4) is 0 Å². The number of hydrogen-bond acceptors (Lipinski definition) is 3. The van der Waals surface area contributed by atoms with Gasteiger partial charge in [-0.3, -0.25) is 0 Å². The smallest absolute Gasteiger partial charge is 0.0821 e. The van der Waals surface area contributed by atoms with Gasteiger partial charge in [0.2, 0.25) is 0 Å². The molecule has 1 aromatic rings. The van der Waals surface area contributed by atoms with E-state index in [0.717, 1.165) is 36.9 Å². The number of nitrogens with two attached hydrogens (primary N) is 1. The zero-order valence-electron chi connectivity index (χ0n) is 11.4. The molecule has 0 aliphatic heterocycles. The summed E-state index contributed by atoms with van der Waals surface area (Å²) in [5.41, 5.74) is 7.76. The van der Waals surface area contributed by atoms with Crippen LogP contribution in [-0.2, 0) is 0 Å². The number of nitrogens with zero attached hydrogens (tertiary/aromatic N) is 1. The van der Waals surface area contributed by atoms with Crippen LogP contribution in [-0.4, -0.2) is 24.3 Å². The van der Waals surface area contributed by atoms with Crippen molar-refractivity contribution in [3.05, 3.63) is 29.8 Å². The normalized spacial score (nSPS) is 19.8. The lowest BCUT2D eigenvalue weighted by Crippen LogP contribution is -2.39. The maximum Gasteiger partial charge on any atom is 0.0821 e. The Morgan fingerprint density at radius 3 is 2.56 bits per heavy atom. The van der Waals surface area contributed by atoms with E-state index in [1.807, 2.05) is 26.1 Å². The minimum Gasteiger partial charge on any atom is -0.388 e. The van der Waals surface area contributed by atoms with Crippen molar-refractivity contribution in [3.63, 3.8) is 0 Å². The molecule has 0 radical (unpaired) electrons. The van der Waals surface area contributed by atoms with E-state index in [2.05, 4.69) is 17.0 Å². The Labute approximate surface area is 110 Å². The predicted octanol–water partition coefficient (Wildman–Crippen LogP) is 2.45. The van der Waals surface area contributed by atoms with E-state index in [1.54, 1.807) is 0 Å². The zero-order valence-corrected chi connectivity index (χ0v) is 11.4. The van der Waals surface area contributed by atoms with Gasteiger partial charge in [-0.1, -0.05) is 31.0 Å². The Morgan fingerprint density at radius 2 is 1.94 bits per heavy atom. The third kappa shape index (κ3) is 2.85. The molecule has 3 heteroatoms. The topological polar surface area (TPSA) is 49.5 Å². The lowest BCUT2D eigenvalue weighted by Gasteiger charge is -2.31. The summed E-state index contributed by atoms with van der Waals surface area (Å²) in [6, 6.07) is 8.20. The summed E-state index contributed by atoms with van der Waals surface area (Å²) < 4.78 is 0. The van der Waals surface area contributed by atoms with Crippen LogP contribution >= 0.6 is 0 Å². The summed E-state index contributed by atoms with van der Waals surface area (Å²) in [7, 11) is 2.04. The summed E-state index contributed by atoms with van der Waals surface area (Å²) in [5, 5.41) is 10.5. The fraction of sp³-hybridized carbons (Fsp3) is 0.600. The quantitative estimate of drug-likeness (QED) is 0.860. The largest absolute Gasteiger partial charge is 0.388 e. The molecule has 0 bridgehead atoms. The lowest BCUT2D eigenvalue weighted by molar-refractivity contribution is 0.0559. The lowest BCUT2D eigenvalue weighted by atomic mass is 10.00. The molecule has 0 saturated heterocycles. The first-order valence-corrected chi connectivity index (χ1v) is 6.80. The van der Waals surface area contributed by atoms with Gasteiger partial charge in [0.15, 0.2) is 0 Å². The standard InChI is InChI=1S/C15H24N2O/c1-12(16)13-7-3-4-8-14(13)17(2)11-15(18)9-5-6-10-15/h3-4,7-8,12,18H,5-6,9-11,16H2,1-2H3/t12-/m0/s1. The van der Waals surface area contributed by atoms with Gasteiger partial charge in [0.05, 0.1) is 5.60 Å². The molecule has 0 heterocycles. The minimum absolute atomic E-state index is 0.0156. The second kappa shape index (κ2) is 5.29. The van der Waals surface area contributed by atoms with E-state index in [9.17, 15) is 5.11 Å². The number of aliphatic hydroxyl groups is 1. The molecule has 0 aromatic heterocycles. The monoisotopic (exact) mass is 248 g/mol. The Bertz CT molecular complexity index is 397. The number of likely N-dealkylation sites (N-methyl/N-ethyl adjacent to an activating group) is 1. The maximum absolute atomic E-state index is 10.5. The maximum atomic E-state index is 10.5. The predicted molar refractivity (Wildman–Crippen MR) is 75.7 cm³/mol. The van der Waals surface area contributed by atoms with E-state index in [0.29, 0.717) is 6.54 Å². The van der Waals surface area contributed by atoms with Crippen LogP contribution in [0.4, 0.5) is 5.69 Å². The highest BCUT2D eigenvalue weighted by atomic mass is 16.3. The molecule has 1 aromatic carbocycles. The molecule has 18 heavy (non-hydrogen) atoms. The van der Waals surface area contributed by atoms with Gasteiger partial charge in [0.1, 0.15) is 0 Å². The molecule has 1 aliphatic rings. The van der Waals surface area contributed by atoms with Crippen LogP contribution in [0.5, 0.6) is 0 Å². The molecular weight excluding hydrogens is 224 g/mol. The highest BCUT2D eigenvalue weighted by Gasteiger charge is 2.32. The molecule has 1 aliphatic carbocycles. The minimum atomic E-state index is -0.514. The third-order valence-corrected chi connectivity index (χ3v) is 3.90. The number of para-hydroxylation sites is 1. The van der Waals surface area contributed by atoms with Crippen molar-refractivity contribution < 1.29 is 5.11 Å². The van der Waals surface area contributed by atoms with E-state index >= 15 is 0 Å². The van der Waals surface area contributed by atoms with Gasteiger partial charge in [-0.05, 0) is 31.4 Å². The van der Waals surface area contributed by atoms with Crippen LogP contribution < -0.4 is 10.6 Å². The average Bonchev–Trinajstić information content (AvgIpc) is 2.75. The van der Waals surface area contributed by atoms with Crippen molar-refractivity contribution in [2.24, 2.45) is 5.73 Å². The molecule has 2 rings (SSSR count). The van der Waals surface area contributed by atoms with Gasteiger partial charge in [0.25, 0.3) is 0 Å². The fourth-order valence-corrected chi connectivity index (χ4v) is 2.94. The van der Waals surface area contributed by atoms with Gasteiger partial charge in [-0.2, -0.15) is 0 Å². The van der Waals surface area contributed by atoms with Crippen molar-refractivity contribution in [2.45, 2.75) is 44.2 Å². The molecule has 100 valence electrons. The van der Waals surface area contributed by atoms with Gasteiger partial charge >= 0.3 is 0 Å². The first-order valence-electron chi connectivity index (χ1n) is 6.80. The van der Waals surface area contributed by atoms with Crippen LogP contribution in [0.25, 0.3) is 0 Å². The van der Waals surface area contributed by atoms with Crippen molar-refractivity contribution in [2.75, 3.05) is 18.5 Å². The highest BCUT2D eigenvalue weighted by molar-refractivity contribution is 5.54. The average molecular weight is 248 g/mol. The first kappa shape index (κ1) is 13.4. The summed E-state index contributed by atoms with van der Waals surface area (Å²) in [5.74, 6) is 0. The molecule has 0 unspecified atom stereocenters. The second-order valence-electron chi connectivity index (χ2n) is 5.64. The second-order valence-corrected chi connectivity index (χ2v) is 5.64. The van der Waals surface area contributed by atoms with E-state index in [1.165, 1.54) is 0 Å². The zero-order chi connectivity index (χ0) is 13.2. The molecule has 1 saturated carbocycles. The van der Waals surface area contributed by atoms with Crippen LogP contribution in [0.1, 0.15) is 44.2 Å². The molecular formula is C15H24N2O. The number of rotatable bonds is 4. The molecule has 0 spiro atoms. The van der Waals surface area contributed by atoms with Crippen LogP contribution in [0.2, 0.25) is 0 Å². The Hall–Kier alpha value is -1.06. The summed E-state index contributed by atoms with van der Waals surface area (Å²) in [4.78, 5) is 2.14. The van der Waals surface area contributed by atoms with Gasteiger partial charge < -0.3 is 15.7 Å². The van der Waals surface area contributed by atoms with Gasteiger partial charge in [-0.25, -0.2) is 0 Å². The highest BCUT2D eigenvalue weighted by Crippen LogP contribution is 2.32. The molecule has 1 fully saturated rings. The Kier molecular flexibility index (Phi) is 3.93. The number of benzene rings is 1. The van der Waals surface area contributed by atoms with E-state index in [-0.39, 0.29) is 6.04 Å². The summed E-state index contributed by atoms with van der Waals surface area (Å²) in [6.45, 7) is 2.69. The molecule has 1 atom stereocenters. The van der Waals surface area contributed by atoms with Crippen molar-refractivity contribution in [1.82, 2.24) is 0 Å². The van der Waals surface area contributed by atoms with Crippen LogP contribution in [0.15, 0.2) is 24.3 Å². The number of anilines is 1. The third-order valence-electron chi connectivity index (χ3n) is 3.90. The molecule has 0 amide bonds. The van der Waals surface area contributed by atoms with E-state index < -0.39 is 5.60 Å². The van der Waals surface area contributed by atoms with Crippen LogP contribution in [0, 0.1) is 0 Å². The molecule has 3 nitrogen and oxygen atoms in total. The van der Waals surface area contributed by atoms with E-state index in [4.69, 9.17) is 5.73 Å². The Balaban J connectivity index is 2.15. The van der Waals surface area contributed by atoms with Gasteiger partial charge in [0, 0.05) is 25.3 Å². The van der Waals surface area contributed by atoms with Crippen LogP contribution in [0.3, 0.4) is 0 Å². The number of hydrogen-bond donors (Lipinski definition) is 2. The van der Waals surface area contributed by atoms with Gasteiger partial charge in [-0.15, -0.1) is 0 Å². The summed E-state index contributed by atoms with van der Waals surface area (Å²) >= 11 is 0. The fourth-order valence-electron chi connectivity index (χ4n) is 2.94. The molecule has 3 N–H and O–H groups in total. The SMILES string of the molecule is C[C@H](N)c1ccccc1N(C)CC1(O)CCCC1. The Morgan fingerprint density at radius 1 is 1.33 bits per heavy atom. The summed E-state index contributed by atoms with van der Waals surface area (Å²) in [6.07, 6.45) is 4.11. The van der Waals surface area contributed by atoms with Crippen molar-refractivity contribution in [1.29, 1.82) is 0 Å². The first-order chi connectivity index (χ1) is 8.52.